The Morgan fingerprint density at radius 1 is 1.00 bits per heavy atom. The lowest BCUT2D eigenvalue weighted by atomic mass is 10.0. The van der Waals surface area contributed by atoms with Crippen molar-refractivity contribution in [1.29, 1.82) is 0 Å². The number of carbonyl (C=O) groups excluding carboxylic acids is 1. The molecule has 27 heavy (non-hydrogen) atoms. The predicted molar refractivity (Wildman–Crippen MR) is 109 cm³/mol. The second-order valence-corrected chi connectivity index (χ2v) is 6.49. The summed E-state index contributed by atoms with van der Waals surface area (Å²) in [4.78, 5) is 16.7. The van der Waals surface area contributed by atoms with E-state index < -0.39 is 0 Å². The summed E-state index contributed by atoms with van der Waals surface area (Å²) in [5.74, 6) is 0.800. The number of carbonyl (C=O) groups is 1. The average molecular weight is 361 g/mol. The van der Waals surface area contributed by atoms with Crippen LogP contribution in [0.4, 0.5) is 17.1 Å². The maximum atomic E-state index is 12.5. The fraction of sp³-hybridized carbons (Fsp3) is 0.182. The number of ether oxygens (including phenoxy) is 1. The molecule has 2 N–H and O–H groups in total. The molecule has 3 aromatic rings. The van der Waals surface area contributed by atoms with Crippen molar-refractivity contribution in [2.24, 2.45) is 0 Å². The first-order valence-corrected chi connectivity index (χ1v) is 8.84. The number of anilines is 3. The number of para-hydroxylation sites is 2. The number of pyridine rings is 1. The summed E-state index contributed by atoms with van der Waals surface area (Å²) in [6.45, 7) is 4.33. The van der Waals surface area contributed by atoms with Gasteiger partial charge in [0, 0.05) is 17.6 Å². The smallest absolute Gasteiger partial charge is 0.274 e. The van der Waals surface area contributed by atoms with Crippen LogP contribution in [-0.2, 0) is 0 Å². The van der Waals surface area contributed by atoms with Crippen LogP contribution >= 0.6 is 0 Å². The van der Waals surface area contributed by atoms with Gasteiger partial charge < -0.3 is 15.4 Å². The van der Waals surface area contributed by atoms with Crippen molar-refractivity contribution >= 4 is 23.0 Å². The topological polar surface area (TPSA) is 63.2 Å². The first-order valence-electron chi connectivity index (χ1n) is 8.84. The predicted octanol–water partition coefficient (Wildman–Crippen LogP) is 5.21. The van der Waals surface area contributed by atoms with Gasteiger partial charge in [0.25, 0.3) is 5.91 Å². The van der Waals surface area contributed by atoms with Gasteiger partial charge in [0.2, 0.25) is 0 Å². The molecule has 0 saturated heterocycles. The quantitative estimate of drug-likeness (QED) is 0.633. The number of hydrogen-bond donors (Lipinski definition) is 2. The van der Waals surface area contributed by atoms with E-state index in [0.29, 0.717) is 23.0 Å². The molecule has 1 aromatic heterocycles. The van der Waals surface area contributed by atoms with E-state index >= 15 is 0 Å². The maximum Gasteiger partial charge on any atom is 0.274 e. The first-order chi connectivity index (χ1) is 13.1. The third-order valence-electron chi connectivity index (χ3n) is 4.21. The Morgan fingerprint density at radius 3 is 2.44 bits per heavy atom. The highest BCUT2D eigenvalue weighted by molar-refractivity contribution is 6.04. The highest BCUT2D eigenvalue weighted by Crippen LogP contribution is 2.24. The molecule has 5 heteroatoms. The molecule has 0 aliphatic rings. The van der Waals surface area contributed by atoms with Crippen LogP contribution < -0.4 is 15.4 Å². The van der Waals surface area contributed by atoms with Crippen LogP contribution in [0, 0.1) is 0 Å². The Kier molecular flexibility index (Phi) is 5.71. The summed E-state index contributed by atoms with van der Waals surface area (Å²) in [5, 5.41) is 6.14. The normalized spacial score (nSPS) is 10.5. The van der Waals surface area contributed by atoms with Crippen molar-refractivity contribution in [3.63, 3.8) is 0 Å². The fourth-order valence-corrected chi connectivity index (χ4v) is 2.68. The Balaban J connectivity index is 1.73. The molecule has 1 amide bonds. The molecule has 0 saturated carbocycles. The summed E-state index contributed by atoms with van der Waals surface area (Å²) in [7, 11) is 1.57. The van der Waals surface area contributed by atoms with E-state index in [1.807, 2.05) is 30.3 Å². The molecule has 3 rings (SSSR count). The van der Waals surface area contributed by atoms with E-state index in [1.54, 1.807) is 31.5 Å². The Hall–Kier alpha value is -3.34. The van der Waals surface area contributed by atoms with Crippen LogP contribution in [-0.4, -0.2) is 18.0 Å². The van der Waals surface area contributed by atoms with Crippen molar-refractivity contribution in [2.45, 2.75) is 19.8 Å². The zero-order valence-corrected chi connectivity index (χ0v) is 15.7. The van der Waals surface area contributed by atoms with Gasteiger partial charge in [0.1, 0.15) is 11.4 Å². The molecular formula is C22H23N3O2. The van der Waals surface area contributed by atoms with Crippen LogP contribution in [0.15, 0.2) is 66.9 Å². The van der Waals surface area contributed by atoms with Gasteiger partial charge in [0.05, 0.1) is 12.8 Å². The lowest BCUT2D eigenvalue weighted by Gasteiger charge is -2.11. The fourth-order valence-electron chi connectivity index (χ4n) is 2.68. The number of nitrogens with one attached hydrogen (secondary N) is 2. The zero-order chi connectivity index (χ0) is 19.2. The lowest BCUT2D eigenvalue weighted by molar-refractivity contribution is 0.102. The monoisotopic (exact) mass is 361 g/mol. The maximum absolute atomic E-state index is 12.5. The molecule has 138 valence electrons. The molecule has 0 spiro atoms. The Morgan fingerprint density at radius 2 is 1.74 bits per heavy atom. The van der Waals surface area contributed by atoms with E-state index in [2.05, 4.69) is 41.6 Å². The number of aromatic nitrogens is 1. The van der Waals surface area contributed by atoms with Gasteiger partial charge in [-0.25, -0.2) is 0 Å². The minimum atomic E-state index is -0.293. The Bertz CT molecular complexity index is 921. The van der Waals surface area contributed by atoms with Crippen LogP contribution in [0.2, 0.25) is 0 Å². The zero-order valence-electron chi connectivity index (χ0n) is 15.7. The molecule has 0 bridgehead atoms. The number of benzene rings is 2. The van der Waals surface area contributed by atoms with Crippen LogP contribution in [0.1, 0.15) is 35.8 Å². The minimum Gasteiger partial charge on any atom is -0.495 e. The summed E-state index contributed by atoms with van der Waals surface area (Å²) in [6, 6.07) is 19.1. The van der Waals surface area contributed by atoms with Gasteiger partial charge in [-0.1, -0.05) is 38.1 Å². The van der Waals surface area contributed by atoms with Gasteiger partial charge in [-0.2, -0.15) is 0 Å². The molecule has 0 radical (unpaired) electrons. The number of amides is 1. The standard InChI is InChI=1S/C22H23N3O2/c1-15(2)16-8-10-17(11-9-16)24-18-12-13-23-20(14-18)22(26)25-19-6-4-5-7-21(19)27-3/h4-15H,1-3H3,(H,23,24)(H,25,26). The Labute approximate surface area is 159 Å². The molecule has 0 atom stereocenters. The molecule has 5 nitrogen and oxygen atoms in total. The van der Waals surface area contributed by atoms with Gasteiger partial charge >= 0.3 is 0 Å². The lowest BCUT2D eigenvalue weighted by Crippen LogP contribution is -2.14. The number of nitrogens with zero attached hydrogens (tertiary/aromatic N) is 1. The minimum absolute atomic E-state index is 0.293. The molecule has 0 unspecified atom stereocenters. The van der Waals surface area contributed by atoms with Crippen LogP contribution in [0.25, 0.3) is 0 Å². The SMILES string of the molecule is COc1ccccc1NC(=O)c1cc(Nc2ccc(C(C)C)cc2)ccn1. The summed E-state index contributed by atoms with van der Waals surface area (Å²) in [5.41, 5.74) is 3.97. The molecule has 2 aromatic carbocycles. The largest absolute Gasteiger partial charge is 0.495 e. The van der Waals surface area contributed by atoms with E-state index in [0.717, 1.165) is 11.4 Å². The second-order valence-electron chi connectivity index (χ2n) is 6.49. The van der Waals surface area contributed by atoms with Gasteiger partial charge in [-0.05, 0) is 47.9 Å². The first kappa shape index (κ1) is 18.5. The number of methoxy groups -OCH3 is 1. The van der Waals surface area contributed by atoms with Gasteiger partial charge in [-0.15, -0.1) is 0 Å². The molecule has 1 heterocycles. The van der Waals surface area contributed by atoms with Crippen molar-refractivity contribution in [3.05, 3.63) is 78.1 Å². The van der Waals surface area contributed by atoms with Crippen molar-refractivity contribution < 1.29 is 9.53 Å². The highest BCUT2D eigenvalue weighted by Gasteiger charge is 2.11. The number of rotatable bonds is 6. The summed E-state index contributed by atoms with van der Waals surface area (Å²) >= 11 is 0. The van der Waals surface area contributed by atoms with E-state index in [-0.39, 0.29) is 5.91 Å². The molecular weight excluding hydrogens is 338 g/mol. The van der Waals surface area contributed by atoms with Crippen molar-refractivity contribution in [3.8, 4) is 5.75 Å². The molecule has 0 aliphatic carbocycles. The average Bonchev–Trinajstić information content (AvgIpc) is 2.69. The van der Waals surface area contributed by atoms with Crippen molar-refractivity contribution in [1.82, 2.24) is 4.98 Å². The third-order valence-corrected chi connectivity index (χ3v) is 4.21. The second kappa shape index (κ2) is 8.36. The summed E-state index contributed by atoms with van der Waals surface area (Å²) in [6.07, 6.45) is 1.61. The molecule has 0 fully saturated rings. The van der Waals surface area contributed by atoms with Gasteiger partial charge in [-0.3, -0.25) is 9.78 Å². The third kappa shape index (κ3) is 4.64. The van der Waals surface area contributed by atoms with E-state index in [1.165, 1.54) is 5.56 Å². The van der Waals surface area contributed by atoms with Gasteiger partial charge in [0.15, 0.2) is 0 Å². The highest BCUT2D eigenvalue weighted by atomic mass is 16.5. The number of hydrogen-bond acceptors (Lipinski definition) is 4. The van der Waals surface area contributed by atoms with E-state index in [9.17, 15) is 4.79 Å². The van der Waals surface area contributed by atoms with Crippen LogP contribution in [0.3, 0.4) is 0 Å². The van der Waals surface area contributed by atoms with Crippen molar-refractivity contribution in [2.75, 3.05) is 17.7 Å². The summed E-state index contributed by atoms with van der Waals surface area (Å²) < 4.78 is 5.26. The van der Waals surface area contributed by atoms with E-state index in [4.69, 9.17) is 4.74 Å². The van der Waals surface area contributed by atoms with Crippen LogP contribution in [0.5, 0.6) is 5.75 Å². The molecule has 0 aliphatic heterocycles.